The topological polar surface area (TPSA) is 43.4 Å². The quantitative estimate of drug-likeness (QED) is 0.472. The first-order valence-corrected chi connectivity index (χ1v) is 5.12. The number of halogens is 3. The Balaban J connectivity index is 3.09. The lowest BCUT2D eigenvalue weighted by Crippen LogP contribution is -2.11. The number of hydrogen-bond donors (Lipinski definition) is 0. The van der Waals surface area contributed by atoms with Gasteiger partial charge in [0.15, 0.2) is 0 Å². The van der Waals surface area contributed by atoms with Crippen molar-refractivity contribution in [2.75, 3.05) is 0 Å². The van der Waals surface area contributed by atoms with E-state index >= 15 is 0 Å². The standard InChI is InChI=1S/C10H5Cl3O3/c1-2-8(14)16-10(15)9-6(12)3-5(11)4-7(9)13/h2-4H,1H2. The SMILES string of the molecule is C=CC(=O)OC(=O)c1c(Cl)cc(Cl)cc1Cl. The third-order valence-corrected chi connectivity index (χ3v) is 2.39. The van der Waals surface area contributed by atoms with Crippen molar-refractivity contribution >= 4 is 46.7 Å². The van der Waals surface area contributed by atoms with Gasteiger partial charge in [-0.1, -0.05) is 41.4 Å². The van der Waals surface area contributed by atoms with Crippen LogP contribution in [0.15, 0.2) is 24.8 Å². The van der Waals surface area contributed by atoms with Crippen LogP contribution in [-0.4, -0.2) is 11.9 Å². The third kappa shape index (κ3) is 2.98. The number of carbonyl (C=O) groups is 2. The lowest BCUT2D eigenvalue weighted by atomic mass is 10.2. The van der Waals surface area contributed by atoms with Crippen LogP contribution in [0.25, 0.3) is 0 Å². The van der Waals surface area contributed by atoms with E-state index in [1.165, 1.54) is 12.1 Å². The Hall–Kier alpha value is -1.03. The van der Waals surface area contributed by atoms with Gasteiger partial charge in [0.05, 0.1) is 15.6 Å². The normalized spacial score (nSPS) is 9.69. The average molecular weight is 280 g/mol. The zero-order valence-electron chi connectivity index (χ0n) is 7.80. The van der Waals surface area contributed by atoms with E-state index in [9.17, 15) is 9.59 Å². The molecule has 0 unspecified atom stereocenters. The number of hydrogen-bond acceptors (Lipinski definition) is 3. The van der Waals surface area contributed by atoms with E-state index < -0.39 is 11.9 Å². The predicted octanol–water partition coefficient (Wildman–Crippen LogP) is 3.52. The number of benzene rings is 1. The zero-order chi connectivity index (χ0) is 12.3. The van der Waals surface area contributed by atoms with E-state index in [2.05, 4.69) is 11.3 Å². The van der Waals surface area contributed by atoms with Crippen LogP contribution in [0.5, 0.6) is 0 Å². The van der Waals surface area contributed by atoms with Gasteiger partial charge in [-0.2, -0.15) is 0 Å². The molecule has 0 aliphatic heterocycles. The van der Waals surface area contributed by atoms with Crippen molar-refractivity contribution in [3.05, 3.63) is 45.4 Å². The average Bonchev–Trinajstić information content (AvgIpc) is 2.15. The van der Waals surface area contributed by atoms with Crippen molar-refractivity contribution in [3.63, 3.8) is 0 Å². The molecule has 1 rings (SSSR count). The van der Waals surface area contributed by atoms with Crippen LogP contribution >= 0.6 is 34.8 Å². The van der Waals surface area contributed by atoms with Gasteiger partial charge in [-0.3, -0.25) is 0 Å². The van der Waals surface area contributed by atoms with Crippen molar-refractivity contribution in [3.8, 4) is 0 Å². The highest BCUT2D eigenvalue weighted by Gasteiger charge is 2.19. The fourth-order valence-corrected chi connectivity index (χ4v) is 1.89. The molecule has 0 N–H and O–H groups in total. The van der Waals surface area contributed by atoms with Gasteiger partial charge >= 0.3 is 11.9 Å². The summed E-state index contributed by atoms with van der Waals surface area (Å²) in [6.45, 7) is 3.15. The van der Waals surface area contributed by atoms with Crippen LogP contribution in [-0.2, 0) is 9.53 Å². The summed E-state index contributed by atoms with van der Waals surface area (Å²) in [7, 11) is 0. The van der Waals surface area contributed by atoms with Crippen LogP contribution in [0.3, 0.4) is 0 Å². The summed E-state index contributed by atoms with van der Waals surface area (Å²) in [6.07, 6.45) is 0.857. The van der Waals surface area contributed by atoms with E-state index in [1.807, 2.05) is 0 Å². The molecule has 0 spiro atoms. The summed E-state index contributed by atoms with van der Waals surface area (Å²) in [5.74, 6) is -1.83. The fraction of sp³-hybridized carbons (Fsp3) is 0. The maximum absolute atomic E-state index is 11.5. The summed E-state index contributed by atoms with van der Waals surface area (Å²) < 4.78 is 4.38. The lowest BCUT2D eigenvalue weighted by Gasteiger charge is -2.05. The van der Waals surface area contributed by atoms with Gasteiger partial charge in [-0.05, 0) is 12.1 Å². The molecule has 0 heterocycles. The highest BCUT2D eigenvalue weighted by atomic mass is 35.5. The van der Waals surface area contributed by atoms with Crippen molar-refractivity contribution in [1.82, 2.24) is 0 Å². The van der Waals surface area contributed by atoms with Crippen LogP contribution in [0.1, 0.15) is 10.4 Å². The summed E-state index contributed by atoms with van der Waals surface area (Å²) in [4.78, 5) is 22.3. The second-order valence-corrected chi connectivity index (χ2v) is 3.91. The van der Waals surface area contributed by atoms with Crippen LogP contribution in [0, 0.1) is 0 Å². The van der Waals surface area contributed by atoms with E-state index in [4.69, 9.17) is 34.8 Å². The summed E-state index contributed by atoms with van der Waals surface area (Å²) in [6, 6.07) is 2.65. The molecular weight excluding hydrogens is 274 g/mol. The van der Waals surface area contributed by atoms with Crippen molar-refractivity contribution in [2.24, 2.45) is 0 Å². The molecule has 1 aromatic rings. The molecule has 3 nitrogen and oxygen atoms in total. The number of rotatable bonds is 2. The first-order chi connectivity index (χ1) is 7.45. The molecule has 16 heavy (non-hydrogen) atoms. The molecule has 0 aliphatic carbocycles. The number of carbonyl (C=O) groups excluding carboxylic acids is 2. The number of esters is 2. The molecule has 1 aromatic carbocycles. The van der Waals surface area contributed by atoms with E-state index in [0.717, 1.165) is 6.08 Å². The Bertz CT molecular complexity index is 445. The molecular formula is C10H5Cl3O3. The minimum absolute atomic E-state index is 0.0133. The number of ether oxygens (including phenoxy) is 1. The highest BCUT2D eigenvalue weighted by molar-refractivity contribution is 6.42. The Kier molecular flexibility index (Phi) is 4.35. The molecule has 0 aliphatic rings. The molecule has 0 saturated heterocycles. The molecule has 0 bridgehead atoms. The van der Waals surface area contributed by atoms with Gasteiger partial charge in [-0.25, -0.2) is 9.59 Å². The maximum atomic E-state index is 11.5. The van der Waals surface area contributed by atoms with Gasteiger partial charge in [0.1, 0.15) is 0 Å². The van der Waals surface area contributed by atoms with Gasteiger partial charge in [-0.15, -0.1) is 0 Å². The Morgan fingerprint density at radius 2 is 1.69 bits per heavy atom. The minimum atomic E-state index is -0.948. The predicted molar refractivity (Wildman–Crippen MR) is 62.1 cm³/mol. The Morgan fingerprint density at radius 1 is 1.19 bits per heavy atom. The van der Waals surface area contributed by atoms with Gasteiger partial charge in [0.2, 0.25) is 0 Å². The molecule has 0 radical (unpaired) electrons. The van der Waals surface area contributed by atoms with Crippen LogP contribution in [0.4, 0.5) is 0 Å². The van der Waals surface area contributed by atoms with Crippen molar-refractivity contribution in [1.29, 1.82) is 0 Å². The zero-order valence-corrected chi connectivity index (χ0v) is 10.1. The van der Waals surface area contributed by atoms with Crippen molar-refractivity contribution < 1.29 is 14.3 Å². The second-order valence-electron chi connectivity index (χ2n) is 2.66. The first kappa shape index (κ1) is 13.0. The third-order valence-electron chi connectivity index (χ3n) is 1.57. The smallest absolute Gasteiger partial charge is 0.349 e. The van der Waals surface area contributed by atoms with Gasteiger partial charge < -0.3 is 4.74 Å². The molecule has 0 aromatic heterocycles. The summed E-state index contributed by atoms with van der Waals surface area (Å²) in [5, 5.41) is 0.306. The molecule has 0 saturated carbocycles. The Labute approximate surface area is 107 Å². The minimum Gasteiger partial charge on any atom is -0.386 e. The van der Waals surface area contributed by atoms with E-state index in [1.54, 1.807) is 0 Å². The highest BCUT2D eigenvalue weighted by Crippen LogP contribution is 2.29. The maximum Gasteiger partial charge on any atom is 0.349 e. The largest absolute Gasteiger partial charge is 0.386 e. The summed E-state index contributed by atoms with van der Waals surface area (Å²) >= 11 is 17.2. The molecule has 0 atom stereocenters. The second kappa shape index (κ2) is 5.34. The van der Waals surface area contributed by atoms with Gasteiger partial charge in [0, 0.05) is 11.1 Å². The van der Waals surface area contributed by atoms with Crippen LogP contribution in [0.2, 0.25) is 15.1 Å². The first-order valence-electron chi connectivity index (χ1n) is 3.99. The van der Waals surface area contributed by atoms with Crippen molar-refractivity contribution in [2.45, 2.75) is 0 Å². The summed E-state index contributed by atoms with van der Waals surface area (Å²) in [5.41, 5.74) is -0.108. The Morgan fingerprint density at radius 3 is 2.12 bits per heavy atom. The molecule has 0 amide bonds. The van der Waals surface area contributed by atoms with E-state index in [0.29, 0.717) is 0 Å². The van der Waals surface area contributed by atoms with Gasteiger partial charge in [0.25, 0.3) is 0 Å². The molecule has 0 fully saturated rings. The van der Waals surface area contributed by atoms with Crippen LogP contribution < -0.4 is 0 Å². The monoisotopic (exact) mass is 278 g/mol. The lowest BCUT2D eigenvalue weighted by molar-refractivity contribution is -0.132. The molecule has 84 valence electrons. The molecule has 6 heteroatoms. The van der Waals surface area contributed by atoms with E-state index in [-0.39, 0.29) is 20.6 Å². The fourth-order valence-electron chi connectivity index (χ4n) is 0.921.